The molecule has 160 valence electrons. The maximum absolute atomic E-state index is 11.6. The molecule has 0 unspecified atom stereocenters. The third-order valence-electron chi connectivity index (χ3n) is 5.41. The highest BCUT2D eigenvalue weighted by molar-refractivity contribution is 5.86. The molecular formula is C28H30O3. The Kier molecular flexibility index (Phi) is 7.80. The highest BCUT2D eigenvalue weighted by Gasteiger charge is 2.12. The number of aryl methyl sites for hydroxylation is 2. The van der Waals surface area contributed by atoms with Crippen LogP contribution in [0.3, 0.4) is 0 Å². The van der Waals surface area contributed by atoms with Crippen LogP contribution >= 0.6 is 0 Å². The minimum absolute atomic E-state index is 0.00546. The van der Waals surface area contributed by atoms with Crippen molar-refractivity contribution < 1.29 is 14.6 Å². The Morgan fingerprint density at radius 2 is 1.65 bits per heavy atom. The minimum Gasteiger partial charge on any atom is -0.462 e. The third-order valence-corrected chi connectivity index (χ3v) is 5.41. The fourth-order valence-corrected chi connectivity index (χ4v) is 3.72. The van der Waals surface area contributed by atoms with E-state index in [0.29, 0.717) is 18.6 Å². The lowest BCUT2D eigenvalue weighted by Gasteiger charge is -2.16. The molecule has 31 heavy (non-hydrogen) atoms. The van der Waals surface area contributed by atoms with Gasteiger partial charge in [0.1, 0.15) is 0 Å². The maximum atomic E-state index is 11.6. The SMILES string of the molecule is C=C(C)C(=O)OCCCc1cc(CO)ccc1-c1ccc(-c2ccccc2)cc1CC. The maximum Gasteiger partial charge on any atom is 0.333 e. The summed E-state index contributed by atoms with van der Waals surface area (Å²) in [7, 11) is 0. The number of carbonyl (C=O) groups excluding carboxylic acids is 1. The predicted molar refractivity (Wildman–Crippen MR) is 127 cm³/mol. The van der Waals surface area contributed by atoms with Gasteiger partial charge in [0.25, 0.3) is 0 Å². The average molecular weight is 415 g/mol. The summed E-state index contributed by atoms with van der Waals surface area (Å²) in [5, 5.41) is 9.61. The first kappa shape index (κ1) is 22.5. The summed E-state index contributed by atoms with van der Waals surface area (Å²) in [6, 6.07) is 23.2. The molecule has 0 aliphatic heterocycles. The second-order valence-corrected chi connectivity index (χ2v) is 7.76. The fraction of sp³-hybridized carbons (Fsp3) is 0.250. The predicted octanol–water partition coefficient (Wildman–Crippen LogP) is 6.13. The van der Waals surface area contributed by atoms with Crippen molar-refractivity contribution in [2.75, 3.05) is 6.61 Å². The van der Waals surface area contributed by atoms with Gasteiger partial charge in [-0.3, -0.25) is 0 Å². The fourth-order valence-electron chi connectivity index (χ4n) is 3.72. The average Bonchev–Trinajstić information content (AvgIpc) is 2.81. The number of benzene rings is 3. The van der Waals surface area contributed by atoms with Crippen LogP contribution in [0.4, 0.5) is 0 Å². The molecule has 0 aliphatic rings. The molecular weight excluding hydrogens is 384 g/mol. The summed E-state index contributed by atoms with van der Waals surface area (Å²) >= 11 is 0. The van der Waals surface area contributed by atoms with E-state index in [4.69, 9.17) is 4.74 Å². The van der Waals surface area contributed by atoms with E-state index < -0.39 is 0 Å². The summed E-state index contributed by atoms with van der Waals surface area (Å²) < 4.78 is 5.25. The largest absolute Gasteiger partial charge is 0.462 e. The minimum atomic E-state index is -0.353. The van der Waals surface area contributed by atoms with Crippen molar-refractivity contribution in [3.63, 3.8) is 0 Å². The molecule has 0 heterocycles. The summed E-state index contributed by atoms with van der Waals surface area (Å²) in [6.07, 6.45) is 2.40. The van der Waals surface area contributed by atoms with E-state index >= 15 is 0 Å². The lowest BCUT2D eigenvalue weighted by Crippen LogP contribution is -2.07. The molecule has 3 heteroatoms. The number of aliphatic hydroxyl groups is 1. The Morgan fingerprint density at radius 1 is 0.935 bits per heavy atom. The van der Waals surface area contributed by atoms with E-state index in [-0.39, 0.29) is 12.6 Å². The molecule has 3 aromatic rings. The zero-order valence-electron chi connectivity index (χ0n) is 18.4. The van der Waals surface area contributed by atoms with E-state index in [2.05, 4.69) is 68.1 Å². The molecule has 3 aromatic carbocycles. The molecule has 0 atom stereocenters. The molecule has 1 N–H and O–H groups in total. The van der Waals surface area contributed by atoms with Gasteiger partial charge in [-0.05, 0) is 65.1 Å². The molecule has 0 saturated heterocycles. The van der Waals surface area contributed by atoms with E-state index in [1.54, 1.807) is 6.92 Å². The van der Waals surface area contributed by atoms with Crippen molar-refractivity contribution in [3.05, 3.63) is 95.6 Å². The topological polar surface area (TPSA) is 46.5 Å². The van der Waals surface area contributed by atoms with Crippen molar-refractivity contribution in [2.24, 2.45) is 0 Å². The number of ether oxygens (including phenoxy) is 1. The Morgan fingerprint density at radius 3 is 2.32 bits per heavy atom. The Balaban J connectivity index is 1.89. The smallest absolute Gasteiger partial charge is 0.333 e. The number of carbonyl (C=O) groups is 1. The van der Waals surface area contributed by atoms with Crippen molar-refractivity contribution in [2.45, 2.75) is 39.7 Å². The van der Waals surface area contributed by atoms with Crippen LogP contribution in [0.25, 0.3) is 22.3 Å². The van der Waals surface area contributed by atoms with Crippen molar-refractivity contribution in [1.82, 2.24) is 0 Å². The number of hydrogen-bond donors (Lipinski definition) is 1. The Labute approximate surface area is 185 Å². The molecule has 3 rings (SSSR count). The summed E-state index contributed by atoms with van der Waals surface area (Å²) in [6.45, 7) is 7.79. The summed E-state index contributed by atoms with van der Waals surface area (Å²) in [5.74, 6) is -0.353. The van der Waals surface area contributed by atoms with Crippen molar-refractivity contribution in [3.8, 4) is 22.3 Å². The lowest BCUT2D eigenvalue weighted by atomic mass is 9.89. The first-order chi connectivity index (χ1) is 15.0. The molecule has 3 nitrogen and oxygen atoms in total. The number of hydrogen-bond acceptors (Lipinski definition) is 3. The van der Waals surface area contributed by atoms with Gasteiger partial charge in [0.2, 0.25) is 0 Å². The van der Waals surface area contributed by atoms with E-state index in [1.807, 2.05) is 12.1 Å². The standard InChI is InChI=1S/C28H30O3/c1-4-22-18-24(23-9-6-5-7-10-23)13-15-26(22)27-14-12-21(19-29)17-25(27)11-8-16-31-28(30)20(2)3/h5-7,9-10,12-15,17-18,29H,2,4,8,11,16,19H2,1,3H3. The van der Waals surface area contributed by atoms with Gasteiger partial charge in [0.05, 0.1) is 13.2 Å². The second-order valence-electron chi connectivity index (χ2n) is 7.76. The molecule has 0 aliphatic carbocycles. The number of esters is 1. The molecule has 0 saturated carbocycles. The monoisotopic (exact) mass is 414 g/mol. The number of rotatable bonds is 9. The van der Waals surface area contributed by atoms with Crippen LogP contribution in [0.5, 0.6) is 0 Å². The van der Waals surface area contributed by atoms with E-state index in [1.165, 1.54) is 27.8 Å². The quantitative estimate of drug-likeness (QED) is 0.260. The van der Waals surface area contributed by atoms with Crippen LogP contribution in [-0.2, 0) is 29.0 Å². The van der Waals surface area contributed by atoms with Crippen LogP contribution in [-0.4, -0.2) is 17.7 Å². The first-order valence-corrected chi connectivity index (χ1v) is 10.8. The van der Waals surface area contributed by atoms with Gasteiger partial charge in [-0.25, -0.2) is 4.79 Å². The van der Waals surface area contributed by atoms with Crippen LogP contribution < -0.4 is 0 Å². The number of aliphatic hydroxyl groups excluding tert-OH is 1. The van der Waals surface area contributed by atoms with Gasteiger partial charge in [0, 0.05) is 5.57 Å². The molecule has 0 aromatic heterocycles. The summed E-state index contributed by atoms with van der Waals surface area (Å²) in [4.78, 5) is 11.6. The second kappa shape index (κ2) is 10.7. The van der Waals surface area contributed by atoms with Crippen LogP contribution in [0.1, 0.15) is 37.0 Å². The van der Waals surface area contributed by atoms with Crippen LogP contribution in [0.2, 0.25) is 0 Å². The molecule has 0 amide bonds. The Bertz CT molecular complexity index is 1050. The van der Waals surface area contributed by atoms with Gasteiger partial charge in [0.15, 0.2) is 0 Å². The lowest BCUT2D eigenvalue weighted by molar-refractivity contribution is -0.139. The highest BCUT2D eigenvalue weighted by Crippen LogP contribution is 2.32. The zero-order chi connectivity index (χ0) is 22.2. The normalized spacial score (nSPS) is 10.7. The molecule has 0 bridgehead atoms. The molecule has 0 fully saturated rings. The highest BCUT2D eigenvalue weighted by atomic mass is 16.5. The van der Waals surface area contributed by atoms with Gasteiger partial charge in [-0.1, -0.05) is 80.2 Å². The molecule has 0 spiro atoms. The zero-order valence-corrected chi connectivity index (χ0v) is 18.4. The molecule has 0 radical (unpaired) electrons. The van der Waals surface area contributed by atoms with E-state index in [0.717, 1.165) is 24.0 Å². The Hall–Kier alpha value is -3.17. The van der Waals surface area contributed by atoms with Crippen molar-refractivity contribution >= 4 is 5.97 Å². The first-order valence-electron chi connectivity index (χ1n) is 10.8. The van der Waals surface area contributed by atoms with E-state index in [9.17, 15) is 9.90 Å². The van der Waals surface area contributed by atoms with Gasteiger partial charge < -0.3 is 9.84 Å². The van der Waals surface area contributed by atoms with Gasteiger partial charge in [-0.2, -0.15) is 0 Å². The third kappa shape index (κ3) is 5.71. The van der Waals surface area contributed by atoms with Crippen molar-refractivity contribution in [1.29, 1.82) is 0 Å². The van der Waals surface area contributed by atoms with Gasteiger partial charge >= 0.3 is 5.97 Å². The van der Waals surface area contributed by atoms with Crippen LogP contribution in [0, 0.1) is 0 Å². The van der Waals surface area contributed by atoms with Crippen LogP contribution in [0.15, 0.2) is 78.9 Å². The summed E-state index contributed by atoms with van der Waals surface area (Å²) in [5.41, 5.74) is 8.53. The van der Waals surface area contributed by atoms with Gasteiger partial charge in [-0.15, -0.1) is 0 Å².